The third-order valence-electron chi connectivity index (χ3n) is 5.35. The van der Waals surface area contributed by atoms with Gasteiger partial charge in [-0.1, -0.05) is 31.8 Å². The number of piperidine rings is 1. The average molecular weight is 277 g/mol. The van der Waals surface area contributed by atoms with Crippen LogP contribution < -0.4 is 5.32 Å². The highest BCUT2D eigenvalue weighted by atomic mass is 16.5. The van der Waals surface area contributed by atoms with Gasteiger partial charge in [-0.15, -0.1) is 0 Å². The lowest BCUT2D eigenvalue weighted by Gasteiger charge is -2.33. The molecule has 0 amide bonds. The zero-order valence-corrected chi connectivity index (χ0v) is 12.8. The maximum absolute atomic E-state index is 5.69. The predicted octanol–water partition coefficient (Wildman–Crippen LogP) is 3.39. The number of hydrogen-bond donors (Lipinski definition) is 1. The molecule has 1 saturated heterocycles. The van der Waals surface area contributed by atoms with Gasteiger partial charge in [-0.25, -0.2) is 0 Å². The summed E-state index contributed by atoms with van der Waals surface area (Å²) in [6, 6.07) is 0. The van der Waals surface area contributed by atoms with Crippen molar-refractivity contribution >= 4 is 0 Å². The first kappa shape index (κ1) is 14.1. The molecule has 4 nitrogen and oxygen atoms in total. The van der Waals surface area contributed by atoms with E-state index >= 15 is 0 Å². The van der Waals surface area contributed by atoms with Gasteiger partial charge in [0.1, 0.15) is 0 Å². The Balaban J connectivity index is 1.78. The summed E-state index contributed by atoms with van der Waals surface area (Å²) in [5.74, 6) is 3.15. The summed E-state index contributed by atoms with van der Waals surface area (Å²) >= 11 is 0. The molecule has 2 aliphatic rings. The molecule has 0 bridgehead atoms. The largest absolute Gasteiger partial charge is 0.339 e. The SMILES string of the molecule is CCC1(c2nc(C3CCCC(C)C3)no2)CCCNC1. The Kier molecular flexibility index (Phi) is 4.11. The summed E-state index contributed by atoms with van der Waals surface area (Å²) in [5, 5.41) is 7.82. The van der Waals surface area contributed by atoms with Crippen molar-refractivity contribution in [2.24, 2.45) is 5.92 Å². The number of nitrogens with zero attached hydrogens (tertiary/aromatic N) is 2. The molecule has 2 heterocycles. The van der Waals surface area contributed by atoms with Crippen LogP contribution in [0.15, 0.2) is 4.52 Å². The lowest BCUT2D eigenvalue weighted by molar-refractivity contribution is 0.220. The van der Waals surface area contributed by atoms with E-state index in [0.29, 0.717) is 5.92 Å². The highest BCUT2D eigenvalue weighted by molar-refractivity contribution is 5.10. The van der Waals surface area contributed by atoms with E-state index in [1.54, 1.807) is 0 Å². The molecule has 1 saturated carbocycles. The lowest BCUT2D eigenvalue weighted by atomic mass is 9.78. The Morgan fingerprint density at radius 3 is 2.95 bits per heavy atom. The minimum atomic E-state index is 0.0732. The summed E-state index contributed by atoms with van der Waals surface area (Å²) in [5.41, 5.74) is 0.0732. The summed E-state index contributed by atoms with van der Waals surface area (Å²) in [6.45, 7) is 6.67. The Labute approximate surface area is 121 Å². The van der Waals surface area contributed by atoms with Crippen LogP contribution in [0.3, 0.4) is 0 Å². The minimum absolute atomic E-state index is 0.0732. The van der Waals surface area contributed by atoms with Crippen LogP contribution in [0, 0.1) is 5.92 Å². The fraction of sp³-hybridized carbons (Fsp3) is 0.875. The zero-order valence-electron chi connectivity index (χ0n) is 12.8. The molecule has 1 N–H and O–H groups in total. The van der Waals surface area contributed by atoms with E-state index in [4.69, 9.17) is 9.51 Å². The first-order valence-corrected chi connectivity index (χ1v) is 8.28. The third kappa shape index (κ3) is 2.62. The molecule has 4 heteroatoms. The van der Waals surface area contributed by atoms with Gasteiger partial charge in [0.05, 0.1) is 5.41 Å². The van der Waals surface area contributed by atoms with Crippen LogP contribution in [0.2, 0.25) is 0 Å². The molecule has 112 valence electrons. The topological polar surface area (TPSA) is 51.0 Å². The van der Waals surface area contributed by atoms with Gasteiger partial charge in [0.25, 0.3) is 0 Å². The first-order valence-electron chi connectivity index (χ1n) is 8.28. The number of rotatable bonds is 3. The fourth-order valence-corrected chi connectivity index (χ4v) is 3.89. The minimum Gasteiger partial charge on any atom is -0.339 e. The molecule has 0 spiro atoms. The van der Waals surface area contributed by atoms with Gasteiger partial charge in [0.2, 0.25) is 5.89 Å². The van der Waals surface area contributed by atoms with Crippen molar-refractivity contribution in [3.8, 4) is 0 Å². The van der Waals surface area contributed by atoms with E-state index in [0.717, 1.165) is 37.1 Å². The van der Waals surface area contributed by atoms with Crippen LogP contribution in [-0.2, 0) is 5.41 Å². The first-order chi connectivity index (χ1) is 9.73. The van der Waals surface area contributed by atoms with E-state index in [2.05, 4.69) is 24.3 Å². The molecule has 1 aromatic heterocycles. The van der Waals surface area contributed by atoms with Gasteiger partial charge >= 0.3 is 0 Å². The van der Waals surface area contributed by atoms with Crippen LogP contribution in [0.1, 0.15) is 76.4 Å². The molecule has 20 heavy (non-hydrogen) atoms. The number of hydrogen-bond acceptors (Lipinski definition) is 4. The standard InChI is InChI=1S/C16H27N3O/c1-3-16(8-5-9-17-11-16)15-18-14(19-20-15)13-7-4-6-12(2)10-13/h12-13,17H,3-11H2,1-2H3. The summed E-state index contributed by atoms with van der Waals surface area (Å²) < 4.78 is 5.69. The van der Waals surface area contributed by atoms with Gasteiger partial charge in [0, 0.05) is 12.5 Å². The second-order valence-corrected chi connectivity index (χ2v) is 6.84. The van der Waals surface area contributed by atoms with Gasteiger partial charge in [-0.3, -0.25) is 0 Å². The molecule has 3 atom stereocenters. The smallest absolute Gasteiger partial charge is 0.234 e. The van der Waals surface area contributed by atoms with Crippen molar-refractivity contribution < 1.29 is 4.52 Å². The molecule has 2 fully saturated rings. The maximum atomic E-state index is 5.69. The van der Waals surface area contributed by atoms with E-state index in [9.17, 15) is 0 Å². The maximum Gasteiger partial charge on any atom is 0.234 e. The zero-order chi connectivity index (χ0) is 14.0. The summed E-state index contributed by atoms with van der Waals surface area (Å²) in [7, 11) is 0. The Bertz CT molecular complexity index is 437. The monoisotopic (exact) mass is 277 g/mol. The van der Waals surface area contributed by atoms with Gasteiger partial charge in [-0.2, -0.15) is 4.98 Å². The van der Waals surface area contributed by atoms with Crippen molar-refractivity contribution in [2.75, 3.05) is 13.1 Å². The summed E-state index contributed by atoms with van der Waals surface area (Å²) in [4.78, 5) is 4.82. The Hall–Kier alpha value is -0.900. The highest BCUT2D eigenvalue weighted by Gasteiger charge is 2.38. The van der Waals surface area contributed by atoms with Crippen LogP contribution in [-0.4, -0.2) is 23.2 Å². The van der Waals surface area contributed by atoms with Gasteiger partial charge in [-0.05, 0) is 44.6 Å². The Morgan fingerprint density at radius 2 is 2.25 bits per heavy atom. The van der Waals surface area contributed by atoms with Crippen LogP contribution in [0.4, 0.5) is 0 Å². The van der Waals surface area contributed by atoms with E-state index < -0.39 is 0 Å². The fourth-order valence-electron chi connectivity index (χ4n) is 3.89. The molecule has 3 unspecified atom stereocenters. The van der Waals surface area contributed by atoms with Gasteiger partial charge < -0.3 is 9.84 Å². The van der Waals surface area contributed by atoms with E-state index in [1.807, 2.05) is 0 Å². The normalized spacial score (nSPS) is 35.1. The molecule has 1 aliphatic carbocycles. The van der Waals surface area contributed by atoms with Crippen molar-refractivity contribution in [3.05, 3.63) is 11.7 Å². The van der Waals surface area contributed by atoms with E-state index in [-0.39, 0.29) is 5.41 Å². The highest BCUT2D eigenvalue weighted by Crippen LogP contribution is 2.37. The molecule has 1 aromatic rings. The summed E-state index contributed by atoms with van der Waals surface area (Å²) in [6.07, 6.45) is 8.53. The molecule has 0 radical (unpaired) electrons. The average Bonchev–Trinajstić information content (AvgIpc) is 2.98. The van der Waals surface area contributed by atoms with Crippen molar-refractivity contribution in [1.82, 2.24) is 15.5 Å². The second kappa shape index (κ2) is 5.84. The van der Waals surface area contributed by atoms with Crippen LogP contribution >= 0.6 is 0 Å². The van der Waals surface area contributed by atoms with Crippen molar-refractivity contribution in [1.29, 1.82) is 0 Å². The van der Waals surface area contributed by atoms with Crippen LogP contribution in [0.25, 0.3) is 0 Å². The molecule has 1 aliphatic heterocycles. The molecule has 3 rings (SSSR count). The molecule has 0 aromatic carbocycles. The van der Waals surface area contributed by atoms with E-state index in [1.165, 1.54) is 38.5 Å². The predicted molar refractivity (Wildman–Crippen MR) is 78.7 cm³/mol. The third-order valence-corrected chi connectivity index (χ3v) is 5.35. The van der Waals surface area contributed by atoms with Crippen molar-refractivity contribution in [2.45, 2.75) is 70.1 Å². The van der Waals surface area contributed by atoms with Gasteiger partial charge in [0.15, 0.2) is 5.82 Å². The number of aromatic nitrogens is 2. The Morgan fingerprint density at radius 1 is 1.35 bits per heavy atom. The lowest BCUT2D eigenvalue weighted by Crippen LogP contribution is -2.43. The quantitative estimate of drug-likeness (QED) is 0.920. The molecular formula is C16H27N3O. The van der Waals surface area contributed by atoms with Crippen molar-refractivity contribution in [3.63, 3.8) is 0 Å². The molecular weight excluding hydrogens is 250 g/mol. The second-order valence-electron chi connectivity index (χ2n) is 6.84. The number of nitrogens with one attached hydrogen (secondary N) is 1. The van der Waals surface area contributed by atoms with Crippen LogP contribution in [0.5, 0.6) is 0 Å².